The van der Waals surface area contributed by atoms with Crippen LogP contribution in [0.1, 0.15) is 38.3 Å². The molecule has 1 atom stereocenters. The number of nitrogens with zero attached hydrogens (tertiary/aromatic N) is 1. The fourth-order valence-corrected chi connectivity index (χ4v) is 1.67. The van der Waals surface area contributed by atoms with E-state index in [1.54, 1.807) is 6.07 Å². The van der Waals surface area contributed by atoms with Crippen molar-refractivity contribution in [1.29, 1.82) is 0 Å². The van der Waals surface area contributed by atoms with E-state index in [1.807, 2.05) is 20.8 Å². The molecule has 22 heavy (non-hydrogen) atoms. The molecule has 1 aromatic rings. The summed E-state index contributed by atoms with van der Waals surface area (Å²) in [7, 11) is 0. The summed E-state index contributed by atoms with van der Waals surface area (Å²) in [5.41, 5.74) is -0.110. The SMILES string of the molecule is CCNC(=NCc1cccc(C(F)(F)F)c1)NC(C)CC.I. The van der Waals surface area contributed by atoms with Gasteiger partial charge in [-0.2, -0.15) is 13.2 Å². The van der Waals surface area contributed by atoms with Gasteiger partial charge in [-0.3, -0.25) is 0 Å². The van der Waals surface area contributed by atoms with Crippen LogP contribution < -0.4 is 10.6 Å². The lowest BCUT2D eigenvalue weighted by Gasteiger charge is -2.16. The van der Waals surface area contributed by atoms with Crippen molar-refractivity contribution in [2.45, 2.75) is 46.0 Å². The van der Waals surface area contributed by atoms with Gasteiger partial charge in [-0.25, -0.2) is 4.99 Å². The Balaban J connectivity index is 0.00000441. The van der Waals surface area contributed by atoms with Gasteiger partial charge in [-0.05, 0) is 38.0 Å². The van der Waals surface area contributed by atoms with Crippen LogP contribution in [-0.4, -0.2) is 18.5 Å². The van der Waals surface area contributed by atoms with E-state index in [0.29, 0.717) is 18.1 Å². The Morgan fingerprint density at radius 3 is 2.50 bits per heavy atom. The zero-order valence-electron chi connectivity index (χ0n) is 13.0. The summed E-state index contributed by atoms with van der Waals surface area (Å²) in [4.78, 5) is 4.32. The van der Waals surface area contributed by atoms with Gasteiger partial charge < -0.3 is 10.6 Å². The predicted molar refractivity (Wildman–Crippen MR) is 94.6 cm³/mol. The third kappa shape index (κ3) is 7.33. The van der Waals surface area contributed by atoms with E-state index >= 15 is 0 Å². The molecule has 1 aromatic carbocycles. The molecular weight excluding hydrogens is 406 g/mol. The number of hydrogen-bond acceptors (Lipinski definition) is 1. The van der Waals surface area contributed by atoms with E-state index in [4.69, 9.17) is 0 Å². The molecule has 7 heteroatoms. The van der Waals surface area contributed by atoms with Crippen molar-refractivity contribution in [3.05, 3.63) is 35.4 Å². The molecule has 0 saturated heterocycles. The third-order valence-electron chi connectivity index (χ3n) is 3.01. The molecule has 0 bridgehead atoms. The standard InChI is InChI=1S/C15H22F3N3.HI/c1-4-11(3)21-14(19-5-2)20-10-12-7-6-8-13(9-12)15(16,17)18;/h6-9,11H,4-5,10H2,1-3H3,(H2,19,20,21);1H. The molecule has 0 fully saturated rings. The maximum atomic E-state index is 12.6. The molecule has 0 aliphatic rings. The maximum absolute atomic E-state index is 12.6. The van der Waals surface area contributed by atoms with Crippen LogP contribution in [0.25, 0.3) is 0 Å². The molecule has 0 aromatic heterocycles. The summed E-state index contributed by atoms with van der Waals surface area (Å²) in [5, 5.41) is 6.28. The van der Waals surface area contributed by atoms with Crippen LogP contribution >= 0.6 is 24.0 Å². The number of nitrogens with one attached hydrogen (secondary N) is 2. The summed E-state index contributed by atoms with van der Waals surface area (Å²) in [6.07, 6.45) is -3.38. The first-order chi connectivity index (χ1) is 9.86. The molecule has 0 radical (unpaired) electrons. The minimum absolute atomic E-state index is 0. The van der Waals surface area contributed by atoms with Crippen LogP contribution in [0.2, 0.25) is 0 Å². The van der Waals surface area contributed by atoms with Crippen molar-refractivity contribution in [2.75, 3.05) is 6.54 Å². The van der Waals surface area contributed by atoms with E-state index in [0.717, 1.165) is 18.6 Å². The second-order valence-electron chi connectivity index (χ2n) is 4.85. The van der Waals surface area contributed by atoms with Crippen LogP contribution in [0.4, 0.5) is 13.2 Å². The first-order valence-electron chi connectivity index (χ1n) is 7.07. The molecule has 1 unspecified atom stereocenters. The van der Waals surface area contributed by atoms with Gasteiger partial charge in [-0.1, -0.05) is 19.1 Å². The average molecular weight is 429 g/mol. The quantitative estimate of drug-likeness (QED) is 0.419. The van der Waals surface area contributed by atoms with E-state index < -0.39 is 11.7 Å². The molecule has 0 amide bonds. The summed E-state index contributed by atoms with van der Waals surface area (Å²) < 4.78 is 37.9. The van der Waals surface area contributed by atoms with Crippen molar-refractivity contribution in [2.24, 2.45) is 4.99 Å². The van der Waals surface area contributed by atoms with Crippen LogP contribution in [0.3, 0.4) is 0 Å². The summed E-state index contributed by atoms with van der Waals surface area (Å²) >= 11 is 0. The molecule has 1 rings (SSSR count). The minimum Gasteiger partial charge on any atom is -0.357 e. The Morgan fingerprint density at radius 1 is 1.27 bits per heavy atom. The summed E-state index contributed by atoms with van der Waals surface area (Å²) in [5.74, 6) is 0.615. The van der Waals surface area contributed by atoms with Gasteiger partial charge in [0.1, 0.15) is 0 Å². The van der Waals surface area contributed by atoms with E-state index in [1.165, 1.54) is 6.07 Å². The van der Waals surface area contributed by atoms with Crippen molar-refractivity contribution in [1.82, 2.24) is 10.6 Å². The largest absolute Gasteiger partial charge is 0.416 e. The van der Waals surface area contributed by atoms with Crippen LogP contribution in [-0.2, 0) is 12.7 Å². The first-order valence-corrected chi connectivity index (χ1v) is 7.07. The number of hydrogen-bond donors (Lipinski definition) is 2. The molecule has 0 aliphatic heterocycles. The van der Waals surface area contributed by atoms with Gasteiger partial charge in [0.05, 0.1) is 12.1 Å². The Kier molecular flexibility index (Phi) is 9.47. The number of halogens is 4. The highest BCUT2D eigenvalue weighted by Crippen LogP contribution is 2.29. The normalized spacial score (nSPS) is 13.3. The van der Waals surface area contributed by atoms with Crippen LogP contribution in [0, 0.1) is 0 Å². The molecule has 0 saturated carbocycles. The predicted octanol–water partition coefficient (Wildman–Crippen LogP) is 4.18. The number of aliphatic imine (C=N–C) groups is 1. The fourth-order valence-electron chi connectivity index (χ4n) is 1.67. The fraction of sp³-hybridized carbons (Fsp3) is 0.533. The van der Waals surface area contributed by atoms with E-state index in [-0.39, 0.29) is 36.6 Å². The third-order valence-corrected chi connectivity index (χ3v) is 3.01. The van der Waals surface area contributed by atoms with Gasteiger partial charge in [0.25, 0.3) is 0 Å². The summed E-state index contributed by atoms with van der Waals surface area (Å²) in [6.45, 7) is 6.92. The highest BCUT2D eigenvalue weighted by atomic mass is 127. The number of rotatable bonds is 5. The zero-order valence-corrected chi connectivity index (χ0v) is 15.3. The first kappa shape index (κ1) is 21.0. The lowest BCUT2D eigenvalue weighted by molar-refractivity contribution is -0.137. The van der Waals surface area contributed by atoms with Crippen molar-refractivity contribution in [3.8, 4) is 0 Å². The Hall–Kier alpha value is -0.990. The summed E-state index contributed by atoms with van der Waals surface area (Å²) in [6, 6.07) is 5.50. The Labute approximate surface area is 146 Å². The van der Waals surface area contributed by atoms with Crippen LogP contribution in [0.15, 0.2) is 29.3 Å². The van der Waals surface area contributed by atoms with Gasteiger partial charge in [0, 0.05) is 12.6 Å². The van der Waals surface area contributed by atoms with Gasteiger partial charge in [0.15, 0.2) is 5.96 Å². The van der Waals surface area contributed by atoms with E-state index in [2.05, 4.69) is 15.6 Å². The number of benzene rings is 1. The lowest BCUT2D eigenvalue weighted by Crippen LogP contribution is -2.41. The van der Waals surface area contributed by atoms with E-state index in [9.17, 15) is 13.2 Å². The van der Waals surface area contributed by atoms with Crippen molar-refractivity contribution >= 4 is 29.9 Å². The second-order valence-corrected chi connectivity index (χ2v) is 4.85. The molecule has 126 valence electrons. The highest BCUT2D eigenvalue weighted by Gasteiger charge is 2.30. The lowest BCUT2D eigenvalue weighted by atomic mass is 10.1. The van der Waals surface area contributed by atoms with Crippen molar-refractivity contribution < 1.29 is 13.2 Å². The maximum Gasteiger partial charge on any atom is 0.416 e. The molecule has 0 spiro atoms. The second kappa shape index (κ2) is 9.91. The molecule has 0 aliphatic carbocycles. The average Bonchev–Trinajstić information content (AvgIpc) is 2.44. The smallest absolute Gasteiger partial charge is 0.357 e. The molecule has 3 nitrogen and oxygen atoms in total. The number of alkyl halides is 3. The number of guanidine groups is 1. The minimum atomic E-state index is -4.32. The Bertz CT molecular complexity index is 475. The van der Waals surface area contributed by atoms with Crippen molar-refractivity contribution in [3.63, 3.8) is 0 Å². The molecule has 2 N–H and O–H groups in total. The van der Waals surface area contributed by atoms with Gasteiger partial charge in [0.2, 0.25) is 0 Å². The zero-order chi connectivity index (χ0) is 15.9. The van der Waals surface area contributed by atoms with Gasteiger partial charge in [-0.15, -0.1) is 24.0 Å². The highest BCUT2D eigenvalue weighted by molar-refractivity contribution is 14.0. The molecular formula is C15H23F3IN3. The topological polar surface area (TPSA) is 36.4 Å². The molecule has 0 heterocycles. The Morgan fingerprint density at radius 2 is 1.95 bits per heavy atom. The van der Waals surface area contributed by atoms with Crippen LogP contribution in [0.5, 0.6) is 0 Å². The van der Waals surface area contributed by atoms with Gasteiger partial charge >= 0.3 is 6.18 Å². The monoisotopic (exact) mass is 429 g/mol.